The number of fused-ring (bicyclic) bond motifs is 1. The van der Waals surface area contributed by atoms with Crippen molar-refractivity contribution in [3.63, 3.8) is 0 Å². The van der Waals surface area contributed by atoms with Gasteiger partial charge in [0.2, 0.25) is 0 Å². The lowest BCUT2D eigenvalue weighted by Gasteiger charge is -2.34. The third-order valence-electron chi connectivity index (χ3n) is 3.38. The smallest absolute Gasteiger partial charge is 0.0426 e. The van der Waals surface area contributed by atoms with Crippen molar-refractivity contribution in [1.29, 1.82) is 0 Å². The van der Waals surface area contributed by atoms with Crippen LogP contribution in [-0.2, 0) is 6.42 Å². The van der Waals surface area contributed by atoms with Gasteiger partial charge in [0.25, 0.3) is 0 Å². The Hall–Kier alpha value is -0.730. The molecule has 0 bridgehead atoms. The molecule has 0 saturated carbocycles. The molecule has 1 aromatic carbocycles. The topological polar surface area (TPSA) is 15.3 Å². The van der Waals surface area contributed by atoms with Gasteiger partial charge in [-0.3, -0.25) is 4.90 Å². The summed E-state index contributed by atoms with van der Waals surface area (Å²) in [6.07, 6.45) is 1.13. The SMILES string of the molecule is CCN(CC)C1CNc2cc(Cl)ccc2C1. The van der Waals surface area contributed by atoms with Gasteiger partial charge in [0.15, 0.2) is 0 Å². The molecule has 88 valence electrons. The van der Waals surface area contributed by atoms with Gasteiger partial charge in [-0.05, 0) is 37.2 Å². The Labute approximate surface area is 103 Å². The molecule has 1 N–H and O–H groups in total. The molecule has 1 unspecified atom stereocenters. The van der Waals surface area contributed by atoms with E-state index in [1.54, 1.807) is 0 Å². The molecule has 1 atom stereocenters. The number of nitrogens with zero attached hydrogens (tertiary/aromatic N) is 1. The Kier molecular flexibility index (Phi) is 3.72. The molecule has 0 spiro atoms. The van der Waals surface area contributed by atoms with E-state index in [-0.39, 0.29) is 0 Å². The number of likely N-dealkylation sites (N-methyl/N-ethyl adjacent to an activating group) is 1. The predicted octanol–water partition coefficient (Wildman–Crippen LogP) is 3.02. The second-order valence-electron chi connectivity index (χ2n) is 4.26. The molecule has 2 rings (SSSR count). The Bertz CT molecular complexity index is 361. The third-order valence-corrected chi connectivity index (χ3v) is 3.62. The van der Waals surface area contributed by atoms with Gasteiger partial charge in [-0.2, -0.15) is 0 Å². The summed E-state index contributed by atoms with van der Waals surface area (Å²) in [7, 11) is 0. The fourth-order valence-electron chi connectivity index (χ4n) is 2.44. The van der Waals surface area contributed by atoms with Crippen molar-refractivity contribution in [1.82, 2.24) is 4.90 Å². The van der Waals surface area contributed by atoms with Crippen LogP contribution in [0, 0.1) is 0 Å². The average Bonchev–Trinajstić information content (AvgIpc) is 2.31. The summed E-state index contributed by atoms with van der Waals surface area (Å²) in [4.78, 5) is 2.50. The van der Waals surface area contributed by atoms with Crippen molar-refractivity contribution < 1.29 is 0 Å². The number of rotatable bonds is 3. The van der Waals surface area contributed by atoms with Gasteiger partial charge in [0.05, 0.1) is 0 Å². The van der Waals surface area contributed by atoms with E-state index < -0.39 is 0 Å². The highest BCUT2D eigenvalue weighted by molar-refractivity contribution is 6.30. The van der Waals surface area contributed by atoms with Crippen LogP contribution in [0.1, 0.15) is 19.4 Å². The first kappa shape index (κ1) is 11.7. The molecule has 1 aromatic rings. The van der Waals surface area contributed by atoms with E-state index >= 15 is 0 Å². The van der Waals surface area contributed by atoms with Crippen molar-refractivity contribution in [3.05, 3.63) is 28.8 Å². The molecule has 1 aliphatic rings. The van der Waals surface area contributed by atoms with Gasteiger partial charge in [0.1, 0.15) is 0 Å². The Morgan fingerprint density at radius 3 is 2.81 bits per heavy atom. The molecule has 1 heterocycles. The standard InChI is InChI=1S/C13H19ClN2/c1-3-16(4-2)12-7-10-5-6-11(14)8-13(10)15-9-12/h5-6,8,12,15H,3-4,7,9H2,1-2H3. The number of nitrogens with one attached hydrogen (secondary N) is 1. The first-order chi connectivity index (χ1) is 7.74. The fraction of sp³-hybridized carbons (Fsp3) is 0.538. The van der Waals surface area contributed by atoms with E-state index in [1.807, 2.05) is 12.1 Å². The van der Waals surface area contributed by atoms with Crippen LogP contribution in [0.4, 0.5) is 5.69 Å². The summed E-state index contributed by atoms with van der Waals surface area (Å²) in [5, 5.41) is 4.29. The average molecular weight is 239 g/mol. The summed E-state index contributed by atoms with van der Waals surface area (Å²) in [5.41, 5.74) is 2.59. The van der Waals surface area contributed by atoms with Crippen molar-refractivity contribution >= 4 is 17.3 Å². The van der Waals surface area contributed by atoms with E-state index in [2.05, 4.69) is 30.1 Å². The number of benzene rings is 1. The second-order valence-corrected chi connectivity index (χ2v) is 4.70. The van der Waals surface area contributed by atoms with E-state index in [9.17, 15) is 0 Å². The first-order valence-electron chi connectivity index (χ1n) is 6.01. The molecule has 2 nitrogen and oxygen atoms in total. The zero-order valence-electron chi connectivity index (χ0n) is 9.96. The van der Waals surface area contributed by atoms with E-state index in [1.165, 1.54) is 11.3 Å². The molecule has 0 aliphatic carbocycles. The highest BCUT2D eigenvalue weighted by atomic mass is 35.5. The van der Waals surface area contributed by atoms with E-state index in [4.69, 9.17) is 11.6 Å². The maximum absolute atomic E-state index is 5.98. The molecule has 3 heteroatoms. The highest BCUT2D eigenvalue weighted by Crippen LogP contribution is 2.26. The summed E-state index contributed by atoms with van der Waals surface area (Å²) in [6.45, 7) is 7.70. The number of hydrogen-bond acceptors (Lipinski definition) is 2. The number of anilines is 1. The Morgan fingerprint density at radius 2 is 2.12 bits per heavy atom. The van der Waals surface area contributed by atoms with Crippen LogP contribution in [0.2, 0.25) is 5.02 Å². The molecule has 1 aliphatic heterocycles. The van der Waals surface area contributed by atoms with Crippen LogP contribution in [0.5, 0.6) is 0 Å². The minimum Gasteiger partial charge on any atom is -0.383 e. The summed E-state index contributed by atoms with van der Waals surface area (Å²) >= 11 is 5.98. The van der Waals surface area contributed by atoms with Crippen LogP contribution < -0.4 is 5.32 Å². The number of hydrogen-bond donors (Lipinski definition) is 1. The summed E-state index contributed by atoms with van der Waals surface area (Å²) in [5.74, 6) is 0. The lowest BCUT2D eigenvalue weighted by atomic mass is 9.98. The third kappa shape index (κ3) is 2.33. The molecule has 0 radical (unpaired) electrons. The highest BCUT2D eigenvalue weighted by Gasteiger charge is 2.21. The van der Waals surface area contributed by atoms with E-state index in [0.29, 0.717) is 6.04 Å². The summed E-state index contributed by atoms with van der Waals surface area (Å²) < 4.78 is 0. The maximum atomic E-state index is 5.98. The molecule has 16 heavy (non-hydrogen) atoms. The van der Waals surface area contributed by atoms with Crippen molar-refractivity contribution in [3.8, 4) is 0 Å². The van der Waals surface area contributed by atoms with Crippen LogP contribution >= 0.6 is 11.6 Å². The maximum Gasteiger partial charge on any atom is 0.0426 e. The van der Waals surface area contributed by atoms with Crippen LogP contribution in [0.3, 0.4) is 0 Å². The first-order valence-corrected chi connectivity index (χ1v) is 6.38. The van der Waals surface area contributed by atoms with Crippen LogP contribution in [0.15, 0.2) is 18.2 Å². The molecule has 0 amide bonds. The summed E-state index contributed by atoms with van der Waals surface area (Å²) in [6, 6.07) is 6.76. The zero-order valence-corrected chi connectivity index (χ0v) is 10.7. The Morgan fingerprint density at radius 1 is 1.38 bits per heavy atom. The van der Waals surface area contributed by atoms with Gasteiger partial charge < -0.3 is 5.32 Å². The van der Waals surface area contributed by atoms with E-state index in [0.717, 1.165) is 31.1 Å². The quantitative estimate of drug-likeness (QED) is 0.871. The Balaban J connectivity index is 2.14. The molecule has 0 fully saturated rings. The second kappa shape index (κ2) is 5.07. The van der Waals surface area contributed by atoms with Crippen LogP contribution in [-0.4, -0.2) is 30.6 Å². The van der Waals surface area contributed by atoms with Gasteiger partial charge in [-0.1, -0.05) is 31.5 Å². The van der Waals surface area contributed by atoms with Gasteiger partial charge in [0, 0.05) is 23.3 Å². The number of halogens is 1. The lowest BCUT2D eigenvalue weighted by molar-refractivity contribution is 0.221. The van der Waals surface area contributed by atoms with Crippen molar-refractivity contribution in [2.24, 2.45) is 0 Å². The minimum absolute atomic E-state index is 0.615. The minimum atomic E-state index is 0.615. The fourth-order valence-corrected chi connectivity index (χ4v) is 2.62. The van der Waals surface area contributed by atoms with Crippen LogP contribution in [0.25, 0.3) is 0 Å². The van der Waals surface area contributed by atoms with Gasteiger partial charge >= 0.3 is 0 Å². The monoisotopic (exact) mass is 238 g/mol. The zero-order chi connectivity index (χ0) is 11.5. The molecule has 0 aromatic heterocycles. The molecule has 0 saturated heterocycles. The molecular weight excluding hydrogens is 220 g/mol. The van der Waals surface area contributed by atoms with Crippen molar-refractivity contribution in [2.75, 3.05) is 25.0 Å². The van der Waals surface area contributed by atoms with Gasteiger partial charge in [-0.15, -0.1) is 0 Å². The van der Waals surface area contributed by atoms with Crippen molar-refractivity contribution in [2.45, 2.75) is 26.3 Å². The molecular formula is C13H19ClN2. The van der Waals surface area contributed by atoms with Gasteiger partial charge in [-0.25, -0.2) is 0 Å². The predicted molar refractivity (Wildman–Crippen MR) is 70.4 cm³/mol. The lowest BCUT2D eigenvalue weighted by Crippen LogP contribution is -2.43. The normalized spacial score (nSPS) is 19.4. The largest absolute Gasteiger partial charge is 0.383 e.